The molecule has 2 nitrogen and oxygen atoms in total. The molecule has 98 valence electrons. The number of nitrogens with zero attached hydrogens (tertiary/aromatic N) is 1. The van der Waals surface area contributed by atoms with Crippen molar-refractivity contribution in [2.75, 3.05) is 0 Å². The van der Waals surface area contributed by atoms with Gasteiger partial charge < -0.3 is 5.32 Å². The molecular formula is C15H28N2. The Morgan fingerprint density at radius 2 is 2.12 bits per heavy atom. The molecule has 0 aliphatic heterocycles. The van der Waals surface area contributed by atoms with E-state index in [0.717, 1.165) is 18.3 Å². The molecule has 0 aromatic carbocycles. The quantitative estimate of drug-likeness (QED) is 0.760. The van der Waals surface area contributed by atoms with Crippen LogP contribution in [0.2, 0.25) is 0 Å². The summed E-state index contributed by atoms with van der Waals surface area (Å²) in [6.07, 6.45) is 8.48. The summed E-state index contributed by atoms with van der Waals surface area (Å²) >= 11 is 0. The second-order valence-corrected chi connectivity index (χ2v) is 5.99. The van der Waals surface area contributed by atoms with E-state index >= 15 is 0 Å². The molecule has 1 N–H and O–H groups in total. The van der Waals surface area contributed by atoms with E-state index in [0.29, 0.717) is 18.5 Å². The summed E-state index contributed by atoms with van der Waals surface area (Å²) in [6.45, 7) is 6.81. The van der Waals surface area contributed by atoms with Crippen molar-refractivity contribution in [3.8, 4) is 6.07 Å². The molecule has 0 spiro atoms. The monoisotopic (exact) mass is 236 g/mol. The Labute approximate surface area is 107 Å². The van der Waals surface area contributed by atoms with Gasteiger partial charge in [0.05, 0.1) is 12.5 Å². The zero-order valence-corrected chi connectivity index (χ0v) is 11.7. The van der Waals surface area contributed by atoms with E-state index in [9.17, 15) is 0 Å². The van der Waals surface area contributed by atoms with E-state index in [1.807, 2.05) is 0 Å². The van der Waals surface area contributed by atoms with Crippen molar-refractivity contribution in [1.29, 1.82) is 5.26 Å². The molecule has 0 aromatic heterocycles. The summed E-state index contributed by atoms with van der Waals surface area (Å²) in [5, 5.41) is 12.5. The van der Waals surface area contributed by atoms with Gasteiger partial charge in [-0.2, -0.15) is 5.26 Å². The van der Waals surface area contributed by atoms with Crippen molar-refractivity contribution < 1.29 is 0 Å². The van der Waals surface area contributed by atoms with Crippen molar-refractivity contribution in [3.05, 3.63) is 0 Å². The molecule has 1 rings (SSSR count). The molecule has 1 saturated carbocycles. The Bertz CT molecular complexity index is 242. The van der Waals surface area contributed by atoms with Crippen molar-refractivity contribution in [2.24, 2.45) is 11.8 Å². The molecule has 0 amide bonds. The lowest BCUT2D eigenvalue weighted by atomic mass is 9.81. The third-order valence-electron chi connectivity index (χ3n) is 3.89. The lowest BCUT2D eigenvalue weighted by molar-refractivity contribution is 0.238. The van der Waals surface area contributed by atoms with Crippen LogP contribution in [0.15, 0.2) is 0 Å². The molecule has 2 heteroatoms. The molecule has 1 aliphatic rings. The van der Waals surface area contributed by atoms with Crippen molar-refractivity contribution in [1.82, 2.24) is 5.32 Å². The third kappa shape index (κ3) is 5.55. The second-order valence-electron chi connectivity index (χ2n) is 5.99. The number of nitriles is 1. The van der Waals surface area contributed by atoms with E-state index in [1.54, 1.807) is 0 Å². The summed E-state index contributed by atoms with van der Waals surface area (Å²) in [5.74, 6) is 1.72. The minimum absolute atomic E-state index is 0.405. The summed E-state index contributed by atoms with van der Waals surface area (Å²) in [6, 6.07) is 3.35. The highest BCUT2D eigenvalue weighted by Gasteiger charge is 2.23. The fourth-order valence-electron chi connectivity index (χ4n) is 3.09. The van der Waals surface area contributed by atoms with Gasteiger partial charge in [-0.1, -0.05) is 33.6 Å². The predicted octanol–water partition coefficient (Wildman–Crippen LogP) is 3.87. The first-order valence-corrected chi connectivity index (χ1v) is 7.28. The van der Waals surface area contributed by atoms with Crippen LogP contribution < -0.4 is 5.32 Å². The number of hydrogen-bond acceptors (Lipinski definition) is 2. The van der Waals surface area contributed by atoms with E-state index in [-0.39, 0.29) is 0 Å². The largest absolute Gasteiger partial charge is 0.310 e. The van der Waals surface area contributed by atoms with Gasteiger partial charge in [0.15, 0.2) is 0 Å². The lowest BCUT2D eigenvalue weighted by Gasteiger charge is -2.33. The predicted molar refractivity (Wildman–Crippen MR) is 72.6 cm³/mol. The lowest BCUT2D eigenvalue weighted by Crippen LogP contribution is -2.41. The average Bonchev–Trinajstić information content (AvgIpc) is 2.28. The van der Waals surface area contributed by atoms with Crippen LogP contribution in [0.25, 0.3) is 0 Å². The van der Waals surface area contributed by atoms with Crippen LogP contribution >= 0.6 is 0 Å². The molecule has 3 unspecified atom stereocenters. The van der Waals surface area contributed by atoms with Gasteiger partial charge >= 0.3 is 0 Å². The normalized spacial score (nSPS) is 26.8. The first-order chi connectivity index (χ1) is 8.15. The van der Waals surface area contributed by atoms with Crippen LogP contribution in [0.4, 0.5) is 0 Å². The summed E-state index contributed by atoms with van der Waals surface area (Å²) in [7, 11) is 0. The molecule has 0 heterocycles. The minimum atomic E-state index is 0.405. The molecule has 1 aliphatic carbocycles. The van der Waals surface area contributed by atoms with Gasteiger partial charge in [-0.3, -0.25) is 0 Å². The van der Waals surface area contributed by atoms with Gasteiger partial charge in [0.1, 0.15) is 0 Å². The zero-order valence-electron chi connectivity index (χ0n) is 11.7. The average molecular weight is 236 g/mol. The van der Waals surface area contributed by atoms with Gasteiger partial charge in [-0.25, -0.2) is 0 Å². The van der Waals surface area contributed by atoms with Crippen LogP contribution in [-0.4, -0.2) is 12.1 Å². The highest BCUT2D eigenvalue weighted by Crippen LogP contribution is 2.29. The van der Waals surface area contributed by atoms with Crippen LogP contribution in [0.5, 0.6) is 0 Å². The Morgan fingerprint density at radius 1 is 1.35 bits per heavy atom. The fraction of sp³-hybridized carbons (Fsp3) is 0.933. The van der Waals surface area contributed by atoms with Crippen LogP contribution in [-0.2, 0) is 0 Å². The Morgan fingerprint density at radius 3 is 2.71 bits per heavy atom. The fourth-order valence-corrected chi connectivity index (χ4v) is 3.09. The van der Waals surface area contributed by atoms with Gasteiger partial charge in [0, 0.05) is 12.1 Å². The molecule has 0 aromatic rings. The topological polar surface area (TPSA) is 35.8 Å². The highest BCUT2D eigenvalue weighted by atomic mass is 14.9. The maximum absolute atomic E-state index is 8.78. The van der Waals surface area contributed by atoms with E-state index < -0.39 is 0 Å². The highest BCUT2D eigenvalue weighted by molar-refractivity contribution is 4.85. The third-order valence-corrected chi connectivity index (χ3v) is 3.89. The summed E-state index contributed by atoms with van der Waals surface area (Å²) in [5.41, 5.74) is 0. The molecule has 0 radical (unpaired) electrons. The van der Waals surface area contributed by atoms with E-state index in [2.05, 4.69) is 32.2 Å². The SMILES string of the molecule is CCC(CC#N)NC1CCCC(CC(C)C)C1. The Balaban J connectivity index is 2.35. The molecule has 0 saturated heterocycles. The first kappa shape index (κ1) is 14.5. The Hall–Kier alpha value is -0.550. The maximum atomic E-state index is 8.78. The summed E-state index contributed by atoms with van der Waals surface area (Å²) < 4.78 is 0. The van der Waals surface area contributed by atoms with E-state index in [4.69, 9.17) is 5.26 Å². The van der Waals surface area contributed by atoms with Gasteiger partial charge in [0.25, 0.3) is 0 Å². The van der Waals surface area contributed by atoms with Crippen molar-refractivity contribution in [2.45, 2.75) is 77.8 Å². The molecule has 3 atom stereocenters. The van der Waals surface area contributed by atoms with Gasteiger partial charge in [-0.05, 0) is 37.5 Å². The van der Waals surface area contributed by atoms with Crippen LogP contribution in [0.1, 0.15) is 65.7 Å². The van der Waals surface area contributed by atoms with Crippen molar-refractivity contribution >= 4 is 0 Å². The maximum Gasteiger partial charge on any atom is 0.0638 e. The zero-order chi connectivity index (χ0) is 12.7. The van der Waals surface area contributed by atoms with E-state index in [1.165, 1.54) is 32.1 Å². The summed E-state index contributed by atoms with van der Waals surface area (Å²) in [4.78, 5) is 0. The minimum Gasteiger partial charge on any atom is -0.310 e. The second kappa shape index (κ2) is 7.71. The smallest absolute Gasteiger partial charge is 0.0638 e. The number of nitrogens with one attached hydrogen (secondary N) is 1. The Kier molecular flexibility index (Phi) is 6.58. The number of hydrogen-bond donors (Lipinski definition) is 1. The molecule has 0 bridgehead atoms. The number of rotatable bonds is 6. The van der Waals surface area contributed by atoms with Gasteiger partial charge in [-0.15, -0.1) is 0 Å². The van der Waals surface area contributed by atoms with Gasteiger partial charge in [0.2, 0.25) is 0 Å². The van der Waals surface area contributed by atoms with Crippen LogP contribution in [0.3, 0.4) is 0 Å². The molecule has 1 fully saturated rings. The van der Waals surface area contributed by atoms with Crippen molar-refractivity contribution in [3.63, 3.8) is 0 Å². The molecule has 17 heavy (non-hydrogen) atoms. The first-order valence-electron chi connectivity index (χ1n) is 7.28. The van der Waals surface area contributed by atoms with Crippen LogP contribution in [0, 0.1) is 23.2 Å². The molecular weight excluding hydrogens is 208 g/mol. The standard InChI is InChI=1S/C15H28N2/c1-4-14(8-9-16)17-15-7-5-6-13(11-15)10-12(2)3/h12-15,17H,4-8,10-11H2,1-3H3.